The SMILES string of the molecule is Cc1cc(C=O)nc(N2CCC2)n1. The van der Waals surface area contributed by atoms with Crippen molar-refractivity contribution >= 4 is 12.2 Å². The molecule has 1 fully saturated rings. The highest BCUT2D eigenvalue weighted by Gasteiger charge is 2.17. The standard InChI is InChI=1S/C9H11N3O/c1-7-5-8(6-13)11-9(10-7)12-3-2-4-12/h5-6H,2-4H2,1H3. The van der Waals surface area contributed by atoms with Crippen LogP contribution in [0.1, 0.15) is 22.6 Å². The number of nitrogens with zero attached hydrogens (tertiary/aromatic N) is 3. The highest BCUT2D eigenvalue weighted by Crippen LogP contribution is 2.15. The van der Waals surface area contributed by atoms with Crippen molar-refractivity contribution < 1.29 is 4.79 Å². The minimum absolute atomic E-state index is 0.467. The van der Waals surface area contributed by atoms with E-state index in [4.69, 9.17) is 0 Å². The van der Waals surface area contributed by atoms with Gasteiger partial charge in [0.2, 0.25) is 5.95 Å². The van der Waals surface area contributed by atoms with Gasteiger partial charge in [-0.2, -0.15) is 0 Å². The van der Waals surface area contributed by atoms with Gasteiger partial charge in [-0.1, -0.05) is 0 Å². The van der Waals surface area contributed by atoms with Gasteiger partial charge >= 0.3 is 0 Å². The molecule has 0 N–H and O–H groups in total. The smallest absolute Gasteiger partial charge is 0.226 e. The molecular formula is C9H11N3O. The van der Waals surface area contributed by atoms with Crippen molar-refractivity contribution in [1.29, 1.82) is 0 Å². The molecule has 2 rings (SSSR count). The molecular weight excluding hydrogens is 166 g/mol. The summed E-state index contributed by atoms with van der Waals surface area (Å²) in [5.41, 5.74) is 1.31. The van der Waals surface area contributed by atoms with Gasteiger partial charge in [-0.25, -0.2) is 9.97 Å². The largest absolute Gasteiger partial charge is 0.341 e. The van der Waals surface area contributed by atoms with E-state index in [1.54, 1.807) is 6.07 Å². The highest BCUT2D eigenvalue weighted by atomic mass is 16.1. The van der Waals surface area contributed by atoms with Crippen LogP contribution in [0.4, 0.5) is 5.95 Å². The Morgan fingerprint density at radius 1 is 1.46 bits per heavy atom. The summed E-state index contributed by atoms with van der Waals surface area (Å²) in [6.07, 6.45) is 1.95. The number of hydrogen-bond donors (Lipinski definition) is 0. The van der Waals surface area contributed by atoms with Crippen molar-refractivity contribution in [2.45, 2.75) is 13.3 Å². The van der Waals surface area contributed by atoms with E-state index in [0.29, 0.717) is 11.6 Å². The van der Waals surface area contributed by atoms with Gasteiger partial charge < -0.3 is 4.90 Å². The second-order valence-corrected chi connectivity index (χ2v) is 3.19. The molecule has 0 radical (unpaired) electrons. The van der Waals surface area contributed by atoms with Crippen LogP contribution in [0, 0.1) is 6.92 Å². The molecule has 4 heteroatoms. The normalized spacial score (nSPS) is 15.3. The van der Waals surface area contributed by atoms with E-state index in [-0.39, 0.29) is 0 Å². The number of anilines is 1. The first-order valence-electron chi connectivity index (χ1n) is 4.35. The van der Waals surface area contributed by atoms with E-state index >= 15 is 0 Å². The Bertz CT molecular complexity index is 334. The van der Waals surface area contributed by atoms with Crippen molar-refractivity contribution in [3.63, 3.8) is 0 Å². The van der Waals surface area contributed by atoms with Gasteiger partial charge in [-0.15, -0.1) is 0 Å². The molecule has 0 amide bonds. The highest BCUT2D eigenvalue weighted by molar-refractivity contribution is 5.72. The molecule has 1 aliphatic heterocycles. The maximum Gasteiger partial charge on any atom is 0.226 e. The number of aryl methyl sites for hydroxylation is 1. The van der Waals surface area contributed by atoms with Gasteiger partial charge in [0.1, 0.15) is 5.69 Å². The fourth-order valence-corrected chi connectivity index (χ4v) is 1.29. The number of rotatable bonds is 2. The monoisotopic (exact) mass is 177 g/mol. The van der Waals surface area contributed by atoms with Crippen LogP contribution >= 0.6 is 0 Å². The second kappa shape index (κ2) is 3.12. The summed E-state index contributed by atoms with van der Waals surface area (Å²) in [6, 6.07) is 1.69. The lowest BCUT2D eigenvalue weighted by atomic mass is 10.2. The Morgan fingerprint density at radius 3 is 2.77 bits per heavy atom. The van der Waals surface area contributed by atoms with Crippen molar-refractivity contribution in [2.75, 3.05) is 18.0 Å². The molecule has 0 saturated carbocycles. The summed E-state index contributed by atoms with van der Waals surface area (Å²) < 4.78 is 0. The van der Waals surface area contributed by atoms with Gasteiger partial charge in [0.05, 0.1) is 0 Å². The van der Waals surface area contributed by atoms with Gasteiger partial charge in [0, 0.05) is 18.8 Å². The van der Waals surface area contributed by atoms with Crippen molar-refractivity contribution in [2.24, 2.45) is 0 Å². The number of carbonyl (C=O) groups excluding carboxylic acids is 1. The van der Waals surface area contributed by atoms with Gasteiger partial charge in [0.15, 0.2) is 6.29 Å². The third-order valence-electron chi connectivity index (χ3n) is 2.12. The molecule has 0 bridgehead atoms. The Hall–Kier alpha value is -1.45. The zero-order valence-corrected chi connectivity index (χ0v) is 7.53. The average Bonchev–Trinajstić information content (AvgIpc) is 2.00. The molecule has 13 heavy (non-hydrogen) atoms. The first-order valence-corrected chi connectivity index (χ1v) is 4.35. The van der Waals surface area contributed by atoms with Crippen LogP contribution < -0.4 is 4.90 Å². The molecule has 1 aromatic rings. The molecule has 0 atom stereocenters. The summed E-state index contributed by atoms with van der Waals surface area (Å²) >= 11 is 0. The van der Waals surface area contributed by atoms with Crippen LogP contribution in [-0.2, 0) is 0 Å². The second-order valence-electron chi connectivity index (χ2n) is 3.19. The van der Waals surface area contributed by atoms with E-state index in [2.05, 4.69) is 14.9 Å². The van der Waals surface area contributed by atoms with Gasteiger partial charge in [-0.3, -0.25) is 4.79 Å². The third-order valence-corrected chi connectivity index (χ3v) is 2.12. The Balaban J connectivity index is 2.33. The zero-order valence-electron chi connectivity index (χ0n) is 7.53. The van der Waals surface area contributed by atoms with E-state index in [1.807, 2.05) is 6.92 Å². The molecule has 0 spiro atoms. The molecule has 68 valence electrons. The fourth-order valence-electron chi connectivity index (χ4n) is 1.29. The first kappa shape index (κ1) is 8.16. The Labute approximate surface area is 76.6 Å². The Morgan fingerprint density at radius 2 is 2.23 bits per heavy atom. The minimum Gasteiger partial charge on any atom is -0.341 e. The minimum atomic E-state index is 0.467. The Kier molecular flexibility index (Phi) is 1.96. The quantitative estimate of drug-likeness (QED) is 0.627. The van der Waals surface area contributed by atoms with Crippen LogP contribution in [0.5, 0.6) is 0 Å². The summed E-state index contributed by atoms with van der Waals surface area (Å²) in [6.45, 7) is 3.88. The molecule has 0 aromatic carbocycles. The first-order chi connectivity index (χ1) is 6.29. The molecule has 0 aliphatic carbocycles. The van der Waals surface area contributed by atoms with E-state index < -0.39 is 0 Å². The number of aromatic nitrogens is 2. The predicted molar refractivity (Wildman–Crippen MR) is 49.0 cm³/mol. The zero-order chi connectivity index (χ0) is 9.26. The maximum absolute atomic E-state index is 10.5. The summed E-state index contributed by atoms with van der Waals surface area (Å²) in [7, 11) is 0. The summed E-state index contributed by atoms with van der Waals surface area (Å²) in [5, 5.41) is 0. The van der Waals surface area contributed by atoms with Crippen molar-refractivity contribution in [3.8, 4) is 0 Å². The lowest BCUT2D eigenvalue weighted by Crippen LogP contribution is -2.38. The van der Waals surface area contributed by atoms with Crippen LogP contribution in [0.2, 0.25) is 0 Å². The van der Waals surface area contributed by atoms with Crippen molar-refractivity contribution in [3.05, 3.63) is 17.5 Å². The number of carbonyl (C=O) groups is 1. The summed E-state index contributed by atoms with van der Waals surface area (Å²) in [4.78, 5) is 21.0. The maximum atomic E-state index is 10.5. The fraction of sp³-hybridized carbons (Fsp3) is 0.444. The predicted octanol–water partition coefficient (Wildman–Crippen LogP) is 0.808. The number of hydrogen-bond acceptors (Lipinski definition) is 4. The van der Waals surface area contributed by atoms with Gasteiger partial charge in [-0.05, 0) is 19.4 Å². The van der Waals surface area contributed by atoms with Crippen LogP contribution in [0.15, 0.2) is 6.07 Å². The average molecular weight is 177 g/mol. The van der Waals surface area contributed by atoms with Crippen molar-refractivity contribution in [1.82, 2.24) is 9.97 Å². The molecule has 1 saturated heterocycles. The van der Waals surface area contributed by atoms with Crippen LogP contribution in [0.3, 0.4) is 0 Å². The van der Waals surface area contributed by atoms with Crippen LogP contribution in [0.25, 0.3) is 0 Å². The van der Waals surface area contributed by atoms with Gasteiger partial charge in [0.25, 0.3) is 0 Å². The van der Waals surface area contributed by atoms with E-state index in [0.717, 1.165) is 25.1 Å². The molecule has 4 nitrogen and oxygen atoms in total. The van der Waals surface area contributed by atoms with Crippen LogP contribution in [-0.4, -0.2) is 29.3 Å². The molecule has 2 heterocycles. The number of aldehydes is 1. The topological polar surface area (TPSA) is 46.1 Å². The third kappa shape index (κ3) is 1.52. The molecule has 1 aliphatic rings. The van der Waals surface area contributed by atoms with E-state index in [1.165, 1.54) is 6.42 Å². The molecule has 0 unspecified atom stereocenters. The lowest BCUT2D eigenvalue weighted by Gasteiger charge is -2.30. The molecule has 1 aromatic heterocycles. The lowest BCUT2D eigenvalue weighted by molar-refractivity contribution is 0.111. The van der Waals surface area contributed by atoms with E-state index in [9.17, 15) is 4.79 Å². The summed E-state index contributed by atoms with van der Waals surface area (Å²) in [5.74, 6) is 0.688.